The van der Waals surface area contributed by atoms with Crippen molar-refractivity contribution in [2.45, 2.75) is 5.09 Å². The van der Waals surface area contributed by atoms with Gasteiger partial charge < -0.3 is 15.5 Å². The third-order valence-corrected chi connectivity index (χ3v) is 3.45. The SMILES string of the molecule is Nc1ccc(NC(=O)c2ccc(S(N)(=O)=O)o2)cc1Cl. The number of amides is 1. The molecule has 5 N–H and O–H groups in total. The molecule has 2 rings (SSSR count). The molecule has 20 heavy (non-hydrogen) atoms. The molecule has 0 saturated carbocycles. The van der Waals surface area contributed by atoms with Crippen LogP contribution in [0.2, 0.25) is 5.02 Å². The summed E-state index contributed by atoms with van der Waals surface area (Å²) >= 11 is 5.81. The first-order chi connectivity index (χ1) is 9.27. The predicted octanol–water partition coefficient (Wildman–Crippen LogP) is 1.41. The first kappa shape index (κ1) is 14.4. The van der Waals surface area contributed by atoms with Crippen molar-refractivity contribution in [3.8, 4) is 0 Å². The van der Waals surface area contributed by atoms with Crippen LogP contribution in [0, 0.1) is 0 Å². The van der Waals surface area contributed by atoms with Gasteiger partial charge in [0.15, 0.2) is 5.76 Å². The summed E-state index contributed by atoms with van der Waals surface area (Å²) in [6.07, 6.45) is 0. The Morgan fingerprint density at radius 3 is 2.50 bits per heavy atom. The second kappa shape index (κ2) is 5.16. The minimum Gasteiger partial charge on any atom is -0.438 e. The Hall–Kier alpha value is -2.03. The molecule has 1 aromatic carbocycles. The van der Waals surface area contributed by atoms with Gasteiger partial charge in [-0.15, -0.1) is 0 Å². The minimum absolute atomic E-state index is 0.193. The summed E-state index contributed by atoms with van der Waals surface area (Å²) in [7, 11) is -3.99. The number of sulfonamides is 1. The zero-order valence-electron chi connectivity index (χ0n) is 9.96. The van der Waals surface area contributed by atoms with Crippen LogP contribution >= 0.6 is 11.6 Å². The molecule has 2 aromatic rings. The number of carbonyl (C=O) groups excluding carboxylic acids is 1. The van der Waals surface area contributed by atoms with E-state index in [1.807, 2.05) is 0 Å². The molecule has 0 aliphatic rings. The lowest BCUT2D eigenvalue weighted by molar-refractivity contribution is 0.0991. The molecule has 0 saturated heterocycles. The number of nitrogens with two attached hydrogens (primary N) is 2. The van der Waals surface area contributed by atoms with Crippen LogP contribution in [0.4, 0.5) is 11.4 Å². The van der Waals surface area contributed by atoms with E-state index in [-0.39, 0.29) is 10.8 Å². The number of rotatable bonds is 3. The molecule has 1 aromatic heterocycles. The molecule has 0 spiro atoms. The molecule has 0 bridgehead atoms. The zero-order chi connectivity index (χ0) is 14.9. The van der Waals surface area contributed by atoms with E-state index in [4.69, 9.17) is 26.9 Å². The first-order valence-corrected chi connectivity index (χ1v) is 7.19. The number of hydrogen-bond acceptors (Lipinski definition) is 5. The quantitative estimate of drug-likeness (QED) is 0.738. The van der Waals surface area contributed by atoms with Gasteiger partial charge in [0.2, 0.25) is 5.09 Å². The molecule has 0 unspecified atom stereocenters. The summed E-state index contributed by atoms with van der Waals surface area (Å²) in [6.45, 7) is 0. The summed E-state index contributed by atoms with van der Waals surface area (Å²) in [5, 5.41) is 7.15. The van der Waals surface area contributed by atoms with Crippen LogP contribution in [0.15, 0.2) is 39.8 Å². The largest absolute Gasteiger partial charge is 0.438 e. The minimum atomic E-state index is -3.99. The van der Waals surface area contributed by atoms with E-state index < -0.39 is 21.0 Å². The molecule has 0 aliphatic heterocycles. The fraction of sp³-hybridized carbons (Fsp3) is 0. The molecule has 7 nitrogen and oxygen atoms in total. The van der Waals surface area contributed by atoms with Crippen LogP contribution in [-0.2, 0) is 10.0 Å². The van der Waals surface area contributed by atoms with Gasteiger partial charge in [-0.3, -0.25) is 4.79 Å². The highest BCUT2D eigenvalue weighted by atomic mass is 35.5. The van der Waals surface area contributed by atoms with Crippen LogP contribution in [0.25, 0.3) is 0 Å². The lowest BCUT2D eigenvalue weighted by Crippen LogP contribution is -2.12. The van der Waals surface area contributed by atoms with E-state index in [0.29, 0.717) is 11.4 Å². The monoisotopic (exact) mass is 315 g/mol. The third kappa shape index (κ3) is 3.10. The van der Waals surface area contributed by atoms with Crippen molar-refractivity contribution in [1.29, 1.82) is 0 Å². The lowest BCUT2D eigenvalue weighted by atomic mass is 10.3. The second-order valence-corrected chi connectivity index (χ2v) is 5.75. The standard InChI is InChI=1S/C11H10ClN3O4S/c12-7-5-6(1-2-8(7)13)15-11(16)9-3-4-10(19-9)20(14,17)18/h1-5H,13H2,(H,15,16)(H2,14,17,18). The fourth-order valence-corrected chi connectivity index (χ4v) is 2.04. The number of halogens is 1. The van der Waals surface area contributed by atoms with Crippen molar-refractivity contribution in [3.63, 3.8) is 0 Å². The Labute approximate surface area is 119 Å². The summed E-state index contributed by atoms with van der Waals surface area (Å²) in [5.41, 5.74) is 6.30. The second-order valence-electron chi connectivity index (χ2n) is 3.85. The van der Waals surface area contributed by atoms with Crippen molar-refractivity contribution in [2.75, 3.05) is 11.1 Å². The van der Waals surface area contributed by atoms with Crippen LogP contribution in [0.5, 0.6) is 0 Å². The van der Waals surface area contributed by atoms with Gasteiger partial charge in [0.25, 0.3) is 15.9 Å². The number of benzene rings is 1. The van der Waals surface area contributed by atoms with Gasteiger partial charge in [0, 0.05) is 5.69 Å². The summed E-state index contributed by atoms with van der Waals surface area (Å²) < 4.78 is 26.9. The van der Waals surface area contributed by atoms with Gasteiger partial charge >= 0.3 is 0 Å². The maximum atomic E-state index is 11.8. The highest BCUT2D eigenvalue weighted by molar-refractivity contribution is 7.89. The van der Waals surface area contributed by atoms with E-state index in [1.165, 1.54) is 18.2 Å². The molecule has 0 radical (unpaired) electrons. The van der Waals surface area contributed by atoms with E-state index in [0.717, 1.165) is 6.07 Å². The van der Waals surface area contributed by atoms with Crippen LogP contribution in [0.1, 0.15) is 10.6 Å². The smallest absolute Gasteiger partial charge is 0.291 e. The summed E-state index contributed by atoms with van der Waals surface area (Å²) in [5.74, 6) is -0.831. The number of nitrogen functional groups attached to an aromatic ring is 1. The highest BCUT2D eigenvalue weighted by Crippen LogP contribution is 2.23. The van der Waals surface area contributed by atoms with Crippen LogP contribution in [-0.4, -0.2) is 14.3 Å². The van der Waals surface area contributed by atoms with Crippen molar-refractivity contribution in [1.82, 2.24) is 0 Å². The first-order valence-electron chi connectivity index (χ1n) is 5.26. The molecule has 0 fully saturated rings. The Morgan fingerprint density at radius 2 is 1.95 bits per heavy atom. The molecular formula is C11H10ClN3O4S. The number of anilines is 2. The summed E-state index contributed by atoms with van der Waals surface area (Å²) in [6, 6.07) is 6.82. The molecular weight excluding hydrogens is 306 g/mol. The van der Waals surface area contributed by atoms with E-state index in [1.54, 1.807) is 6.07 Å². The zero-order valence-corrected chi connectivity index (χ0v) is 11.5. The third-order valence-electron chi connectivity index (χ3n) is 2.34. The Balaban J connectivity index is 2.20. The average molecular weight is 316 g/mol. The molecule has 1 heterocycles. The van der Waals surface area contributed by atoms with Gasteiger partial charge in [-0.2, -0.15) is 0 Å². The number of furan rings is 1. The van der Waals surface area contributed by atoms with Gasteiger partial charge in [0.1, 0.15) is 0 Å². The molecule has 9 heteroatoms. The van der Waals surface area contributed by atoms with Crippen molar-refractivity contribution < 1.29 is 17.6 Å². The topological polar surface area (TPSA) is 128 Å². The van der Waals surface area contributed by atoms with Crippen molar-refractivity contribution >= 4 is 38.9 Å². The maximum absolute atomic E-state index is 11.8. The number of nitrogens with one attached hydrogen (secondary N) is 1. The van der Waals surface area contributed by atoms with Crippen LogP contribution in [0.3, 0.4) is 0 Å². The number of hydrogen-bond donors (Lipinski definition) is 3. The number of primary sulfonamides is 1. The molecule has 0 aliphatic carbocycles. The van der Waals surface area contributed by atoms with Gasteiger partial charge in [-0.05, 0) is 30.3 Å². The highest BCUT2D eigenvalue weighted by Gasteiger charge is 2.17. The van der Waals surface area contributed by atoms with Gasteiger partial charge in [-0.25, -0.2) is 13.6 Å². The van der Waals surface area contributed by atoms with Crippen LogP contribution < -0.4 is 16.2 Å². The van der Waals surface area contributed by atoms with Crippen molar-refractivity contribution in [3.05, 3.63) is 41.1 Å². The maximum Gasteiger partial charge on any atom is 0.291 e. The van der Waals surface area contributed by atoms with E-state index in [9.17, 15) is 13.2 Å². The lowest BCUT2D eigenvalue weighted by Gasteiger charge is -2.05. The predicted molar refractivity (Wildman–Crippen MR) is 73.9 cm³/mol. The Kier molecular flexibility index (Phi) is 3.71. The average Bonchev–Trinajstić information content (AvgIpc) is 2.83. The molecule has 106 valence electrons. The Morgan fingerprint density at radius 1 is 1.25 bits per heavy atom. The normalized spacial score (nSPS) is 11.3. The Bertz CT molecular complexity index is 770. The van der Waals surface area contributed by atoms with Gasteiger partial charge in [0.05, 0.1) is 10.7 Å². The molecule has 0 atom stereocenters. The molecule has 1 amide bonds. The van der Waals surface area contributed by atoms with Crippen molar-refractivity contribution in [2.24, 2.45) is 5.14 Å². The van der Waals surface area contributed by atoms with E-state index >= 15 is 0 Å². The fourth-order valence-electron chi connectivity index (χ4n) is 1.39. The van der Waals surface area contributed by atoms with E-state index in [2.05, 4.69) is 5.32 Å². The van der Waals surface area contributed by atoms with Gasteiger partial charge in [-0.1, -0.05) is 11.6 Å². The number of carbonyl (C=O) groups is 1. The summed E-state index contributed by atoms with van der Waals surface area (Å²) in [4.78, 5) is 11.8.